The molecule has 5 nitrogen and oxygen atoms in total. The molecular weight excluding hydrogens is 242 g/mol. The maximum Gasteiger partial charge on any atom is 0.243 e. The van der Waals surface area contributed by atoms with E-state index in [1.54, 1.807) is 0 Å². The molecule has 1 fully saturated rings. The van der Waals surface area contributed by atoms with Crippen molar-refractivity contribution in [3.63, 3.8) is 0 Å². The van der Waals surface area contributed by atoms with E-state index in [0.717, 1.165) is 12.5 Å². The minimum atomic E-state index is -0.407. The van der Waals surface area contributed by atoms with Crippen molar-refractivity contribution in [2.75, 3.05) is 39.4 Å². The van der Waals surface area contributed by atoms with Crippen LogP contribution in [0, 0.1) is 5.92 Å². The molecule has 0 saturated carbocycles. The van der Waals surface area contributed by atoms with Gasteiger partial charge in [-0.1, -0.05) is 6.92 Å². The van der Waals surface area contributed by atoms with Crippen molar-refractivity contribution in [3.8, 4) is 0 Å². The van der Waals surface area contributed by atoms with Crippen molar-refractivity contribution in [3.05, 3.63) is 0 Å². The van der Waals surface area contributed by atoms with Gasteiger partial charge in [-0.2, -0.15) is 0 Å². The molecule has 1 rings (SSSR count). The van der Waals surface area contributed by atoms with E-state index < -0.39 is 5.91 Å². The summed E-state index contributed by atoms with van der Waals surface area (Å²) < 4.78 is 5.15. The van der Waals surface area contributed by atoms with Crippen LogP contribution in [0.2, 0.25) is 0 Å². The zero-order valence-electron chi connectivity index (χ0n) is 12.4. The smallest absolute Gasteiger partial charge is 0.243 e. The molecule has 0 radical (unpaired) electrons. The Kier molecular flexibility index (Phi) is 8.02. The van der Waals surface area contributed by atoms with E-state index in [4.69, 9.17) is 10.5 Å². The van der Waals surface area contributed by atoms with Crippen LogP contribution in [0.15, 0.2) is 0 Å². The lowest BCUT2D eigenvalue weighted by atomic mass is 9.91. The largest absolute Gasteiger partial charge is 0.370 e. The number of hydrogen-bond donors (Lipinski definition) is 2. The van der Waals surface area contributed by atoms with Crippen LogP contribution in [0.3, 0.4) is 0 Å². The zero-order valence-corrected chi connectivity index (χ0v) is 12.4. The lowest BCUT2D eigenvalue weighted by molar-refractivity contribution is -0.122. The van der Waals surface area contributed by atoms with Gasteiger partial charge < -0.3 is 20.7 Å². The van der Waals surface area contributed by atoms with Crippen LogP contribution in [0.25, 0.3) is 0 Å². The van der Waals surface area contributed by atoms with Crippen LogP contribution in [0.1, 0.15) is 33.1 Å². The number of primary amides is 1. The van der Waals surface area contributed by atoms with Crippen LogP contribution in [-0.2, 0) is 9.53 Å². The second kappa shape index (κ2) is 9.28. The number of carbonyl (C=O) groups excluding carboxylic acids is 1. The Morgan fingerprint density at radius 1 is 1.58 bits per heavy atom. The second-order valence-electron chi connectivity index (χ2n) is 5.46. The van der Waals surface area contributed by atoms with Crippen molar-refractivity contribution >= 4 is 5.91 Å². The molecule has 0 aromatic heterocycles. The second-order valence-corrected chi connectivity index (χ2v) is 5.46. The van der Waals surface area contributed by atoms with Gasteiger partial charge in [-0.05, 0) is 45.2 Å². The van der Waals surface area contributed by atoms with Gasteiger partial charge >= 0.3 is 0 Å². The van der Waals surface area contributed by atoms with E-state index in [2.05, 4.69) is 24.1 Å². The van der Waals surface area contributed by atoms with Crippen LogP contribution >= 0.6 is 0 Å². The number of nitrogens with one attached hydrogen (secondary N) is 1. The van der Waals surface area contributed by atoms with Gasteiger partial charge in [0.15, 0.2) is 0 Å². The van der Waals surface area contributed by atoms with Gasteiger partial charge in [-0.25, -0.2) is 0 Å². The third kappa shape index (κ3) is 6.89. The first kappa shape index (κ1) is 16.4. The number of piperidine rings is 1. The third-order valence-corrected chi connectivity index (χ3v) is 3.75. The van der Waals surface area contributed by atoms with Crippen molar-refractivity contribution in [1.29, 1.82) is 0 Å². The summed E-state index contributed by atoms with van der Waals surface area (Å²) in [4.78, 5) is 13.1. The summed E-state index contributed by atoms with van der Waals surface area (Å²) in [6.07, 6.45) is 3.83. The molecule has 112 valence electrons. The highest BCUT2D eigenvalue weighted by Crippen LogP contribution is 2.19. The van der Waals surface area contributed by atoms with Crippen molar-refractivity contribution in [1.82, 2.24) is 10.2 Å². The van der Waals surface area contributed by atoms with E-state index in [1.165, 1.54) is 38.9 Å². The molecule has 1 aliphatic rings. The van der Waals surface area contributed by atoms with Gasteiger partial charge in [0, 0.05) is 19.1 Å². The molecule has 0 spiro atoms. The Hall–Kier alpha value is -0.650. The zero-order chi connectivity index (χ0) is 14.1. The number of carbonyl (C=O) groups is 1. The normalized spacial score (nSPS) is 22.3. The molecule has 0 aromatic carbocycles. The van der Waals surface area contributed by atoms with E-state index in [1.807, 2.05) is 0 Å². The van der Waals surface area contributed by atoms with Crippen molar-refractivity contribution in [2.24, 2.45) is 11.7 Å². The first-order chi connectivity index (χ1) is 9.13. The van der Waals surface area contributed by atoms with Crippen molar-refractivity contribution < 1.29 is 9.53 Å². The summed E-state index contributed by atoms with van der Waals surface area (Å²) in [6.45, 7) is 9.48. The SMILES string of the molecule is CCCN1CCCC(C(C)NCCOCC(N)=O)C1. The molecule has 5 heteroatoms. The molecule has 2 atom stereocenters. The molecule has 2 unspecified atom stereocenters. The van der Waals surface area contributed by atoms with Gasteiger partial charge in [0.05, 0.1) is 6.61 Å². The van der Waals surface area contributed by atoms with Gasteiger partial charge in [-0.15, -0.1) is 0 Å². The quantitative estimate of drug-likeness (QED) is 0.602. The predicted molar refractivity (Wildman–Crippen MR) is 76.9 cm³/mol. The predicted octanol–water partition coefficient (Wildman–Crippen LogP) is 0.588. The molecule has 0 aliphatic carbocycles. The van der Waals surface area contributed by atoms with E-state index in [0.29, 0.717) is 12.6 Å². The monoisotopic (exact) mass is 271 g/mol. The fraction of sp³-hybridized carbons (Fsp3) is 0.929. The molecular formula is C14H29N3O2. The highest BCUT2D eigenvalue weighted by atomic mass is 16.5. The van der Waals surface area contributed by atoms with Crippen molar-refractivity contribution in [2.45, 2.75) is 39.2 Å². The van der Waals surface area contributed by atoms with Gasteiger partial charge in [0.25, 0.3) is 0 Å². The highest BCUT2D eigenvalue weighted by Gasteiger charge is 2.23. The minimum Gasteiger partial charge on any atom is -0.370 e. The third-order valence-electron chi connectivity index (χ3n) is 3.75. The fourth-order valence-corrected chi connectivity index (χ4v) is 2.72. The standard InChI is InChI=1S/C14H29N3O2/c1-3-7-17-8-4-5-13(10-17)12(2)16-6-9-19-11-14(15)18/h12-13,16H,3-11H2,1-2H3,(H2,15,18). The Morgan fingerprint density at radius 3 is 3.05 bits per heavy atom. The Morgan fingerprint density at radius 2 is 2.37 bits per heavy atom. The summed E-state index contributed by atoms with van der Waals surface area (Å²) >= 11 is 0. The first-order valence-electron chi connectivity index (χ1n) is 7.45. The Balaban J connectivity index is 2.14. The number of nitrogens with zero attached hydrogens (tertiary/aromatic N) is 1. The van der Waals surface area contributed by atoms with E-state index >= 15 is 0 Å². The molecule has 19 heavy (non-hydrogen) atoms. The van der Waals surface area contributed by atoms with E-state index in [-0.39, 0.29) is 6.61 Å². The molecule has 1 aliphatic heterocycles. The minimum absolute atomic E-state index is 0.0176. The van der Waals surface area contributed by atoms with Crippen LogP contribution in [0.4, 0.5) is 0 Å². The molecule has 0 aromatic rings. The molecule has 0 bridgehead atoms. The number of rotatable bonds is 9. The summed E-state index contributed by atoms with van der Waals surface area (Å²) in [7, 11) is 0. The summed E-state index contributed by atoms with van der Waals surface area (Å²) in [5.41, 5.74) is 5.01. The molecule has 3 N–H and O–H groups in total. The van der Waals surface area contributed by atoms with Gasteiger partial charge in [0.1, 0.15) is 6.61 Å². The van der Waals surface area contributed by atoms with Gasteiger partial charge in [0.2, 0.25) is 5.91 Å². The number of hydrogen-bond acceptors (Lipinski definition) is 4. The van der Waals surface area contributed by atoms with Crippen LogP contribution in [-0.4, -0.2) is 56.2 Å². The maximum atomic E-state index is 10.5. The highest BCUT2D eigenvalue weighted by molar-refractivity contribution is 5.74. The number of ether oxygens (including phenoxy) is 1. The molecule has 1 amide bonds. The summed E-state index contributed by atoms with van der Waals surface area (Å²) in [5.74, 6) is 0.312. The van der Waals surface area contributed by atoms with Crippen LogP contribution < -0.4 is 11.1 Å². The number of nitrogens with two attached hydrogens (primary N) is 1. The average Bonchev–Trinajstić information content (AvgIpc) is 2.38. The molecule has 1 saturated heterocycles. The first-order valence-corrected chi connectivity index (χ1v) is 7.45. The average molecular weight is 271 g/mol. The topological polar surface area (TPSA) is 67.6 Å². The lowest BCUT2D eigenvalue weighted by Gasteiger charge is -2.36. The summed E-state index contributed by atoms with van der Waals surface area (Å²) in [5, 5.41) is 3.48. The summed E-state index contributed by atoms with van der Waals surface area (Å²) in [6, 6.07) is 0.497. The van der Waals surface area contributed by atoms with Gasteiger partial charge in [-0.3, -0.25) is 4.79 Å². The lowest BCUT2D eigenvalue weighted by Crippen LogP contribution is -2.45. The maximum absolute atomic E-state index is 10.5. The Labute approximate surface area is 116 Å². The fourth-order valence-electron chi connectivity index (χ4n) is 2.72. The number of amides is 1. The van der Waals surface area contributed by atoms with Crippen LogP contribution in [0.5, 0.6) is 0 Å². The Bertz CT molecular complexity index is 259. The van der Waals surface area contributed by atoms with E-state index in [9.17, 15) is 4.79 Å². The molecule has 1 heterocycles. The number of likely N-dealkylation sites (tertiary alicyclic amines) is 1.